The molecule has 9 heteroatoms. The van der Waals surface area contributed by atoms with Crippen molar-refractivity contribution in [2.45, 2.75) is 6.61 Å². The molecule has 1 heterocycles. The molecule has 0 fully saturated rings. The first kappa shape index (κ1) is 21.1. The molecule has 32 heavy (non-hydrogen) atoms. The maximum atomic E-state index is 13.0. The summed E-state index contributed by atoms with van der Waals surface area (Å²) >= 11 is 1.22. The molecule has 0 radical (unpaired) electrons. The van der Waals surface area contributed by atoms with Crippen LogP contribution in [0.15, 0.2) is 77.9 Å². The number of hydrogen-bond acceptors (Lipinski definition) is 6. The number of benzene rings is 3. The molecule has 4 aromatic rings. The summed E-state index contributed by atoms with van der Waals surface area (Å²) in [5, 5.41) is 15.5. The molecule has 0 aliphatic heterocycles. The number of nitrogens with one attached hydrogen (secondary N) is 1. The normalized spacial score (nSPS) is 11.0. The Bertz CT molecular complexity index is 1320. The number of nitro groups is 1. The summed E-state index contributed by atoms with van der Waals surface area (Å²) in [6, 6.07) is 19.3. The molecule has 1 amide bonds. The van der Waals surface area contributed by atoms with Crippen LogP contribution >= 0.6 is 11.3 Å². The van der Waals surface area contributed by atoms with E-state index in [0.717, 1.165) is 10.3 Å². The van der Waals surface area contributed by atoms with E-state index in [1.807, 2.05) is 12.1 Å². The molecule has 160 valence electrons. The highest BCUT2D eigenvalue weighted by atomic mass is 32.1. The number of carbonyl (C=O) groups is 1. The van der Waals surface area contributed by atoms with Crippen molar-refractivity contribution < 1.29 is 18.8 Å². The minimum absolute atomic E-state index is 0.0301. The molecular weight excluding hydrogens is 433 g/mol. The number of hydrazone groups is 1. The van der Waals surface area contributed by atoms with Crippen LogP contribution in [0.5, 0.6) is 5.75 Å². The molecule has 0 saturated carbocycles. The average molecular weight is 449 g/mol. The molecule has 0 bridgehead atoms. The van der Waals surface area contributed by atoms with Gasteiger partial charge in [-0.1, -0.05) is 24.3 Å². The van der Waals surface area contributed by atoms with Crippen molar-refractivity contribution in [2.75, 3.05) is 0 Å². The third-order valence-electron chi connectivity index (χ3n) is 4.53. The highest BCUT2D eigenvalue weighted by molar-refractivity contribution is 7.20. The van der Waals surface area contributed by atoms with Crippen LogP contribution in [0.2, 0.25) is 0 Å². The van der Waals surface area contributed by atoms with E-state index in [2.05, 4.69) is 10.5 Å². The predicted molar refractivity (Wildman–Crippen MR) is 121 cm³/mol. The van der Waals surface area contributed by atoms with Gasteiger partial charge in [0.1, 0.15) is 18.2 Å². The molecule has 0 saturated heterocycles. The summed E-state index contributed by atoms with van der Waals surface area (Å²) in [7, 11) is 0. The van der Waals surface area contributed by atoms with Gasteiger partial charge in [0.25, 0.3) is 11.6 Å². The van der Waals surface area contributed by atoms with E-state index < -0.39 is 10.8 Å². The summed E-state index contributed by atoms with van der Waals surface area (Å²) in [4.78, 5) is 23.3. The number of nitro benzene ring substituents is 1. The van der Waals surface area contributed by atoms with Crippen molar-refractivity contribution in [3.05, 3.63) is 105 Å². The number of halogens is 1. The van der Waals surface area contributed by atoms with Gasteiger partial charge in [0.2, 0.25) is 0 Å². The molecule has 0 aliphatic carbocycles. The van der Waals surface area contributed by atoms with Gasteiger partial charge in [-0.15, -0.1) is 11.3 Å². The van der Waals surface area contributed by atoms with Crippen LogP contribution in [0.1, 0.15) is 20.8 Å². The number of nitrogens with zero attached hydrogens (tertiary/aromatic N) is 2. The second-order valence-corrected chi connectivity index (χ2v) is 7.83. The quantitative estimate of drug-likeness (QED) is 0.236. The Labute approximate surface area is 185 Å². The Hall–Kier alpha value is -4.11. The van der Waals surface area contributed by atoms with E-state index in [1.165, 1.54) is 41.8 Å². The van der Waals surface area contributed by atoms with Gasteiger partial charge in [0.05, 0.1) is 16.0 Å². The molecule has 0 spiro atoms. The van der Waals surface area contributed by atoms with Crippen LogP contribution in [-0.4, -0.2) is 17.0 Å². The lowest BCUT2D eigenvalue weighted by molar-refractivity contribution is -0.384. The number of carbonyl (C=O) groups excluding carboxylic acids is 1. The summed E-state index contributed by atoms with van der Waals surface area (Å²) in [5.74, 6) is -0.173. The average Bonchev–Trinajstić information content (AvgIpc) is 3.23. The van der Waals surface area contributed by atoms with Gasteiger partial charge in [-0.3, -0.25) is 14.9 Å². The van der Waals surface area contributed by atoms with E-state index in [9.17, 15) is 19.3 Å². The van der Waals surface area contributed by atoms with Crippen LogP contribution in [0.3, 0.4) is 0 Å². The third kappa shape index (κ3) is 4.96. The van der Waals surface area contributed by atoms with Gasteiger partial charge in [0.15, 0.2) is 0 Å². The van der Waals surface area contributed by atoms with Crippen molar-refractivity contribution >= 4 is 39.2 Å². The Morgan fingerprint density at radius 2 is 1.91 bits per heavy atom. The Kier molecular flexibility index (Phi) is 6.18. The lowest BCUT2D eigenvalue weighted by atomic mass is 10.2. The van der Waals surface area contributed by atoms with Crippen LogP contribution < -0.4 is 10.2 Å². The van der Waals surface area contributed by atoms with Gasteiger partial charge in [0, 0.05) is 27.8 Å². The number of amides is 1. The SMILES string of the molecule is O=C(N/N=C\c1ccccc1OCc1ccc(F)cc1)c1cc2cc([N+](=O)[O-])ccc2s1. The standard InChI is InChI=1S/C23H16FN3O4S/c24-18-7-5-15(6-8-18)14-31-20-4-2-1-3-16(20)13-25-26-23(28)22-12-17-11-19(27(29)30)9-10-21(17)32-22/h1-13H,14H2,(H,26,28)/b25-13-. The zero-order chi connectivity index (χ0) is 22.5. The highest BCUT2D eigenvalue weighted by Crippen LogP contribution is 2.29. The molecule has 4 rings (SSSR count). The Morgan fingerprint density at radius 1 is 1.12 bits per heavy atom. The van der Waals surface area contributed by atoms with Crippen LogP contribution in [0, 0.1) is 15.9 Å². The van der Waals surface area contributed by atoms with E-state index in [0.29, 0.717) is 21.6 Å². The predicted octanol–water partition coefficient (Wildman–Crippen LogP) is 5.29. The van der Waals surface area contributed by atoms with Gasteiger partial charge < -0.3 is 4.74 Å². The van der Waals surface area contributed by atoms with E-state index in [4.69, 9.17) is 4.74 Å². The number of rotatable bonds is 7. The lowest BCUT2D eigenvalue weighted by Gasteiger charge is -2.09. The van der Waals surface area contributed by atoms with Crippen molar-refractivity contribution in [3.63, 3.8) is 0 Å². The molecule has 7 nitrogen and oxygen atoms in total. The monoisotopic (exact) mass is 449 g/mol. The van der Waals surface area contributed by atoms with Crippen molar-refractivity contribution in [1.82, 2.24) is 5.43 Å². The lowest BCUT2D eigenvalue weighted by Crippen LogP contribution is -2.16. The molecule has 1 N–H and O–H groups in total. The van der Waals surface area contributed by atoms with E-state index >= 15 is 0 Å². The fraction of sp³-hybridized carbons (Fsp3) is 0.0435. The van der Waals surface area contributed by atoms with Gasteiger partial charge >= 0.3 is 0 Å². The molecule has 0 aliphatic rings. The van der Waals surface area contributed by atoms with Crippen LogP contribution in [0.25, 0.3) is 10.1 Å². The smallest absolute Gasteiger partial charge is 0.281 e. The first-order valence-corrected chi connectivity index (χ1v) is 10.3. The molecule has 0 atom stereocenters. The van der Waals surface area contributed by atoms with E-state index in [1.54, 1.807) is 36.4 Å². The fourth-order valence-corrected chi connectivity index (χ4v) is 3.87. The topological polar surface area (TPSA) is 93.8 Å². The number of non-ortho nitro benzene ring substituents is 1. The number of ether oxygens (including phenoxy) is 1. The maximum absolute atomic E-state index is 13.0. The van der Waals surface area contributed by atoms with Crippen LogP contribution in [0.4, 0.5) is 10.1 Å². The third-order valence-corrected chi connectivity index (χ3v) is 5.65. The van der Waals surface area contributed by atoms with Gasteiger partial charge in [-0.2, -0.15) is 5.10 Å². The Morgan fingerprint density at radius 3 is 2.69 bits per heavy atom. The summed E-state index contributed by atoms with van der Waals surface area (Å²) < 4.78 is 19.6. The number of hydrogen-bond donors (Lipinski definition) is 1. The fourth-order valence-electron chi connectivity index (χ4n) is 2.93. The van der Waals surface area contributed by atoms with E-state index in [-0.39, 0.29) is 18.1 Å². The largest absolute Gasteiger partial charge is 0.488 e. The Balaban J connectivity index is 1.42. The summed E-state index contributed by atoms with van der Waals surface area (Å²) in [5.41, 5.74) is 3.90. The van der Waals surface area contributed by atoms with Crippen molar-refractivity contribution in [1.29, 1.82) is 0 Å². The first-order valence-electron chi connectivity index (χ1n) is 9.47. The van der Waals surface area contributed by atoms with Crippen molar-refractivity contribution in [3.8, 4) is 5.75 Å². The maximum Gasteiger partial charge on any atom is 0.281 e. The number of para-hydroxylation sites is 1. The number of thiophene rings is 1. The molecule has 1 aromatic heterocycles. The van der Waals surface area contributed by atoms with Gasteiger partial charge in [-0.05, 0) is 42.0 Å². The zero-order valence-corrected chi connectivity index (χ0v) is 17.3. The summed E-state index contributed by atoms with van der Waals surface area (Å²) in [6.45, 7) is 0.255. The minimum Gasteiger partial charge on any atom is -0.488 e. The van der Waals surface area contributed by atoms with Crippen LogP contribution in [-0.2, 0) is 6.61 Å². The first-order chi connectivity index (χ1) is 15.5. The molecule has 3 aromatic carbocycles. The van der Waals surface area contributed by atoms with Gasteiger partial charge in [-0.25, -0.2) is 9.82 Å². The molecular formula is C23H16FN3O4S. The molecule has 0 unspecified atom stereocenters. The van der Waals surface area contributed by atoms with Crippen molar-refractivity contribution in [2.24, 2.45) is 5.10 Å². The zero-order valence-electron chi connectivity index (χ0n) is 16.5. The second-order valence-electron chi connectivity index (χ2n) is 6.74. The summed E-state index contributed by atoms with van der Waals surface area (Å²) in [6.07, 6.45) is 1.47. The number of fused-ring (bicyclic) bond motifs is 1. The highest BCUT2D eigenvalue weighted by Gasteiger charge is 2.13. The second kappa shape index (κ2) is 9.36. The minimum atomic E-state index is -0.475.